The van der Waals surface area contributed by atoms with E-state index in [0.29, 0.717) is 12.2 Å². The Labute approximate surface area is 175 Å². The van der Waals surface area contributed by atoms with Crippen molar-refractivity contribution in [3.63, 3.8) is 0 Å². The van der Waals surface area contributed by atoms with Gasteiger partial charge in [0.25, 0.3) is 17.7 Å². The average molecular weight is 417 g/mol. The summed E-state index contributed by atoms with van der Waals surface area (Å²) >= 11 is 0. The summed E-state index contributed by atoms with van der Waals surface area (Å²) in [4.78, 5) is 50.4. The van der Waals surface area contributed by atoms with Gasteiger partial charge in [-0.25, -0.2) is 4.79 Å². The summed E-state index contributed by atoms with van der Waals surface area (Å²) in [6.45, 7) is 6.53. The molecular formula is C21H27N3O6. The fourth-order valence-corrected chi connectivity index (χ4v) is 3.35. The number of hydrogen-bond acceptors (Lipinski definition) is 6. The highest BCUT2D eigenvalue weighted by atomic mass is 16.6. The van der Waals surface area contributed by atoms with E-state index >= 15 is 0 Å². The molecule has 2 heterocycles. The number of amides is 4. The van der Waals surface area contributed by atoms with Crippen molar-refractivity contribution in [1.29, 1.82) is 0 Å². The van der Waals surface area contributed by atoms with Gasteiger partial charge in [-0.3, -0.25) is 19.3 Å². The lowest BCUT2D eigenvalue weighted by molar-refractivity contribution is 0.0474. The number of hydrogen-bond donors (Lipinski definition) is 2. The summed E-state index contributed by atoms with van der Waals surface area (Å²) < 4.78 is 10.6. The minimum Gasteiger partial charge on any atom is -0.444 e. The van der Waals surface area contributed by atoms with E-state index < -0.39 is 23.5 Å². The molecule has 0 aromatic heterocycles. The zero-order chi connectivity index (χ0) is 21.9. The van der Waals surface area contributed by atoms with Crippen molar-refractivity contribution in [3.8, 4) is 0 Å². The van der Waals surface area contributed by atoms with Gasteiger partial charge in [-0.05, 0) is 51.8 Å². The van der Waals surface area contributed by atoms with E-state index in [9.17, 15) is 19.2 Å². The monoisotopic (exact) mass is 417 g/mol. The van der Waals surface area contributed by atoms with Crippen LogP contribution in [0.3, 0.4) is 0 Å². The third-order valence-electron chi connectivity index (χ3n) is 4.72. The first-order valence-corrected chi connectivity index (χ1v) is 10.0. The molecule has 0 saturated carbocycles. The number of nitrogens with one attached hydrogen (secondary N) is 2. The van der Waals surface area contributed by atoms with Crippen LogP contribution in [0.5, 0.6) is 0 Å². The van der Waals surface area contributed by atoms with E-state index in [1.54, 1.807) is 20.8 Å². The number of carbonyl (C=O) groups is 4. The smallest absolute Gasteiger partial charge is 0.407 e. The van der Waals surface area contributed by atoms with Gasteiger partial charge in [0.05, 0.1) is 23.8 Å². The second kappa shape index (κ2) is 8.83. The van der Waals surface area contributed by atoms with Crippen LogP contribution in [-0.4, -0.2) is 66.7 Å². The van der Waals surface area contributed by atoms with Gasteiger partial charge in [-0.15, -0.1) is 0 Å². The molecule has 1 unspecified atom stereocenters. The number of ether oxygens (including phenoxy) is 2. The summed E-state index contributed by atoms with van der Waals surface area (Å²) in [5.74, 6) is -1.17. The van der Waals surface area contributed by atoms with E-state index in [4.69, 9.17) is 9.47 Å². The van der Waals surface area contributed by atoms with Crippen LogP contribution in [0, 0.1) is 0 Å². The summed E-state index contributed by atoms with van der Waals surface area (Å²) in [7, 11) is 0. The van der Waals surface area contributed by atoms with Crippen LogP contribution in [-0.2, 0) is 9.47 Å². The maximum atomic E-state index is 12.7. The molecule has 1 saturated heterocycles. The Hall–Kier alpha value is -2.94. The van der Waals surface area contributed by atoms with Gasteiger partial charge in [-0.1, -0.05) is 0 Å². The molecule has 9 heteroatoms. The minimum absolute atomic E-state index is 0.132. The number of alkyl carbamates (subject to hydrolysis) is 1. The summed E-state index contributed by atoms with van der Waals surface area (Å²) in [5.41, 5.74) is 0.184. The third kappa shape index (κ3) is 5.15. The van der Waals surface area contributed by atoms with Crippen molar-refractivity contribution in [2.75, 3.05) is 26.2 Å². The van der Waals surface area contributed by atoms with Crippen molar-refractivity contribution in [2.45, 2.75) is 45.3 Å². The first kappa shape index (κ1) is 21.8. The second-order valence-electron chi connectivity index (χ2n) is 8.30. The number of carbonyl (C=O) groups excluding carboxylic acids is 4. The fourth-order valence-electron chi connectivity index (χ4n) is 3.35. The molecule has 0 radical (unpaired) electrons. The van der Waals surface area contributed by atoms with Crippen LogP contribution >= 0.6 is 0 Å². The Balaban J connectivity index is 1.54. The largest absolute Gasteiger partial charge is 0.444 e. The maximum absolute atomic E-state index is 12.7. The highest BCUT2D eigenvalue weighted by molar-refractivity contribution is 6.22. The number of fused-ring (bicyclic) bond motifs is 1. The number of rotatable bonds is 6. The molecule has 0 spiro atoms. The molecule has 1 atom stereocenters. The van der Waals surface area contributed by atoms with Crippen LogP contribution in [0.25, 0.3) is 0 Å². The van der Waals surface area contributed by atoms with Crippen molar-refractivity contribution in [3.05, 3.63) is 34.9 Å². The molecule has 0 bridgehead atoms. The molecule has 0 aliphatic carbocycles. The molecule has 4 amide bonds. The van der Waals surface area contributed by atoms with Crippen molar-refractivity contribution >= 4 is 23.8 Å². The normalized spacial score (nSPS) is 18.4. The first-order valence-electron chi connectivity index (χ1n) is 10.0. The summed E-state index contributed by atoms with van der Waals surface area (Å²) in [6.07, 6.45) is 1.04. The van der Waals surface area contributed by atoms with Crippen LogP contribution in [0.1, 0.15) is 64.7 Å². The lowest BCUT2D eigenvalue weighted by Gasteiger charge is -2.19. The van der Waals surface area contributed by atoms with Gasteiger partial charge in [-0.2, -0.15) is 0 Å². The van der Waals surface area contributed by atoms with Gasteiger partial charge >= 0.3 is 6.09 Å². The molecule has 2 aliphatic heterocycles. The zero-order valence-electron chi connectivity index (χ0n) is 17.4. The van der Waals surface area contributed by atoms with Crippen LogP contribution in [0.15, 0.2) is 18.2 Å². The minimum atomic E-state index is -0.598. The molecule has 3 rings (SSSR count). The van der Waals surface area contributed by atoms with Gasteiger partial charge in [0.1, 0.15) is 5.60 Å². The molecule has 2 N–H and O–H groups in total. The zero-order valence-corrected chi connectivity index (χ0v) is 17.4. The lowest BCUT2D eigenvalue weighted by Crippen LogP contribution is -2.37. The van der Waals surface area contributed by atoms with E-state index in [-0.39, 0.29) is 42.8 Å². The predicted molar refractivity (Wildman–Crippen MR) is 107 cm³/mol. The molecular weight excluding hydrogens is 390 g/mol. The van der Waals surface area contributed by atoms with Crippen molar-refractivity contribution < 1.29 is 28.7 Å². The topological polar surface area (TPSA) is 114 Å². The standard InChI is InChI=1S/C21H27N3O6/c1-21(2,3)30-20(28)23-9-8-22-17(25)13-6-7-15-16(11-13)19(27)24(18(15)26)12-14-5-4-10-29-14/h6-7,11,14H,4-5,8-10,12H2,1-3H3,(H,22,25)(H,23,28). The molecule has 2 aliphatic rings. The second-order valence-corrected chi connectivity index (χ2v) is 8.30. The van der Waals surface area contributed by atoms with Gasteiger partial charge in [0.2, 0.25) is 0 Å². The van der Waals surface area contributed by atoms with Gasteiger partial charge < -0.3 is 20.1 Å². The Morgan fingerprint density at radius 1 is 1.13 bits per heavy atom. The average Bonchev–Trinajstić information content (AvgIpc) is 3.26. The maximum Gasteiger partial charge on any atom is 0.407 e. The Morgan fingerprint density at radius 3 is 2.50 bits per heavy atom. The van der Waals surface area contributed by atoms with E-state index in [1.165, 1.54) is 23.1 Å². The number of nitrogens with zero attached hydrogens (tertiary/aromatic N) is 1. The van der Waals surface area contributed by atoms with E-state index in [0.717, 1.165) is 12.8 Å². The van der Waals surface area contributed by atoms with Crippen molar-refractivity contribution in [2.24, 2.45) is 0 Å². The molecule has 162 valence electrons. The fraction of sp³-hybridized carbons (Fsp3) is 0.524. The van der Waals surface area contributed by atoms with Crippen LogP contribution in [0.2, 0.25) is 0 Å². The molecule has 1 aromatic carbocycles. The van der Waals surface area contributed by atoms with Crippen LogP contribution in [0.4, 0.5) is 4.79 Å². The molecule has 1 aromatic rings. The summed E-state index contributed by atoms with van der Waals surface area (Å²) in [5, 5.41) is 5.21. The SMILES string of the molecule is CC(C)(C)OC(=O)NCCNC(=O)c1ccc2c(c1)C(=O)N(CC1CCCO1)C2=O. The Bertz CT molecular complexity index is 855. The molecule has 30 heavy (non-hydrogen) atoms. The Morgan fingerprint density at radius 2 is 1.83 bits per heavy atom. The molecule has 1 fully saturated rings. The highest BCUT2D eigenvalue weighted by Gasteiger charge is 2.37. The van der Waals surface area contributed by atoms with Gasteiger partial charge in [0, 0.05) is 25.3 Å². The van der Waals surface area contributed by atoms with Crippen LogP contribution < -0.4 is 10.6 Å². The van der Waals surface area contributed by atoms with E-state index in [2.05, 4.69) is 10.6 Å². The number of benzene rings is 1. The molecule has 9 nitrogen and oxygen atoms in total. The summed E-state index contributed by atoms with van der Waals surface area (Å²) in [6, 6.07) is 4.44. The van der Waals surface area contributed by atoms with Crippen molar-refractivity contribution in [1.82, 2.24) is 15.5 Å². The number of imide groups is 1. The lowest BCUT2D eigenvalue weighted by atomic mass is 10.1. The highest BCUT2D eigenvalue weighted by Crippen LogP contribution is 2.26. The quantitative estimate of drug-likeness (QED) is 0.538. The first-order chi connectivity index (χ1) is 14.2. The third-order valence-corrected chi connectivity index (χ3v) is 4.72. The van der Waals surface area contributed by atoms with Gasteiger partial charge in [0.15, 0.2) is 0 Å². The van der Waals surface area contributed by atoms with E-state index in [1.807, 2.05) is 0 Å². The Kier molecular flexibility index (Phi) is 6.40. The predicted octanol–water partition coefficient (Wildman–Crippen LogP) is 1.72.